The molecule has 0 radical (unpaired) electrons. The van der Waals surface area contributed by atoms with Crippen LogP contribution < -0.4 is 0 Å². The second-order valence-electron chi connectivity index (χ2n) is 16.4. The van der Waals surface area contributed by atoms with E-state index in [0.717, 1.165) is 11.8 Å². The van der Waals surface area contributed by atoms with Gasteiger partial charge in [0.15, 0.2) is 0 Å². The third-order valence-corrected chi connectivity index (χ3v) is 9.77. The standard InChI is InChI=1S/2C22H23.C2H6Si.2CH3.Zr/c2*1-22(2,3)19-11-9-16(10-12-19)20-6-4-5-17-13-18(14-21(17)20)15-7-8-15;1-3-2;;;/h2*4-6,9-15H,7-8H2,1-3H3;1-2H3;2*1H3;/q2*-1;;2*-1;. The van der Waals surface area contributed by atoms with E-state index in [0.29, 0.717) is 0 Å². The van der Waals surface area contributed by atoms with Gasteiger partial charge in [-0.25, -0.2) is 0 Å². The molecule has 0 unspecified atom stereocenters. The van der Waals surface area contributed by atoms with Gasteiger partial charge in [0.2, 0.25) is 0 Å². The van der Waals surface area contributed by atoms with Crippen LogP contribution in [-0.2, 0) is 34.2 Å². The Balaban J connectivity index is 0.000000196. The molecular weight excluding hydrogens is 696 g/mol. The van der Waals surface area contributed by atoms with Crippen molar-refractivity contribution in [3.63, 3.8) is 0 Å². The molecule has 2 aliphatic rings. The van der Waals surface area contributed by atoms with Crippen LogP contribution in [0.2, 0.25) is 13.1 Å². The van der Waals surface area contributed by atoms with E-state index in [1.165, 1.54) is 91.7 Å². The maximum atomic E-state index is 2.42. The zero-order chi connectivity index (χ0) is 34.2. The molecule has 0 amide bonds. The molecule has 6 aromatic rings. The second kappa shape index (κ2) is 16.3. The summed E-state index contributed by atoms with van der Waals surface area (Å²) in [5.74, 6) is 1.65. The van der Waals surface area contributed by atoms with Crippen molar-refractivity contribution in [2.24, 2.45) is 0 Å². The number of hydrogen-bond acceptors (Lipinski definition) is 0. The minimum atomic E-state index is 0. The SMILES string of the molecule is CC(C)(C)c1ccc(-c2cccc3[cH-]c(C4CC4)cc23)cc1.CC(C)(C)c1ccc(-c2cccc3[cH-]c(C4CC4)cc23)cc1.C[Si](C)=[Zr].[CH3-].[CH3-]. The summed E-state index contributed by atoms with van der Waals surface area (Å²) < 4.78 is 0. The van der Waals surface area contributed by atoms with Crippen LogP contribution in [0.25, 0.3) is 43.8 Å². The van der Waals surface area contributed by atoms with Gasteiger partial charge in [-0.3, -0.25) is 0 Å². The Kier molecular flexibility index (Phi) is 13.0. The van der Waals surface area contributed by atoms with Crippen molar-refractivity contribution < 1.29 is 23.3 Å². The summed E-state index contributed by atoms with van der Waals surface area (Å²) in [5.41, 5.74) is 11.9. The molecule has 0 N–H and O–H groups in total. The van der Waals surface area contributed by atoms with Crippen LogP contribution in [0, 0.1) is 14.9 Å². The molecule has 0 bridgehead atoms. The molecule has 0 aromatic heterocycles. The molecule has 8 rings (SSSR count). The molecule has 0 nitrogen and oxygen atoms in total. The van der Waals surface area contributed by atoms with Crippen LogP contribution in [0.1, 0.15) is 101 Å². The third kappa shape index (κ3) is 9.74. The molecule has 2 heteroatoms. The maximum absolute atomic E-state index is 2.42. The van der Waals surface area contributed by atoms with Gasteiger partial charge in [0.25, 0.3) is 0 Å². The molecule has 2 saturated carbocycles. The molecule has 0 heterocycles. The molecule has 0 spiro atoms. The van der Waals surface area contributed by atoms with Gasteiger partial charge >= 0.3 is 41.9 Å². The van der Waals surface area contributed by atoms with E-state index in [9.17, 15) is 0 Å². The van der Waals surface area contributed by atoms with Crippen LogP contribution in [0.4, 0.5) is 0 Å². The number of benzene rings is 4. The Morgan fingerprint density at radius 1 is 0.540 bits per heavy atom. The van der Waals surface area contributed by atoms with E-state index in [-0.39, 0.29) is 31.1 Å². The van der Waals surface area contributed by atoms with Crippen molar-refractivity contribution in [1.82, 2.24) is 0 Å². The van der Waals surface area contributed by atoms with Gasteiger partial charge in [0.05, 0.1) is 0 Å². The average Bonchev–Trinajstić information content (AvgIpc) is 3.98. The summed E-state index contributed by atoms with van der Waals surface area (Å²) in [7, 11) is 0. The summed E-state index contributed by atoms with van der Waals surface area (Å²) >= 11 is 1.74. The van der Waals surface area contributed by atoms with E-state index in [1.54, 1.807) is 23.3 Å². The minimum absolute atomic E-state index is 0. The monoisotopic (exact) mass is 752 g/mol. The van der Waals surface area contributed by atoms with E-state index in [1.807, 2.05) is 0 Å². The van der Waals surface area contributed by atoms with Gasteiger partial charge in [-0.1, -0.05) is 113 Å². The van der Waals surface area contributed by atoms with Gasteiger partial charge in [0, 0.05) is 0 Å². The van der Waals surface area contributed by atoms with Crippen LogP contribution in [0.5, 0.6) is 0 Å². The fourth-order valence-corrected chi connectivity index (χ4v) is 6.62. The quantitative estimate of drug-likeness (QED) is 0.124. The Hall–Kier alpha value is -2.80. The zero-order valence-electron chi connectivity index (χ0n) is 32.4. The summed E-state index contributed by atoms with van der Waals surface area (Å²) in [5, 5.41) is 5.60. The molecule has 0 saturated heterocycles. The Morgan fingerprint density at radius 3 is 1.14 bits per heavy atom. The molecule has 2 fully saturated rings. The van der Waals surface area contributed by atoms with E-state index < -0.39 is 0 Å². The Bertz CT molecular complexity index is 1860. The number of rotatable bonds is 4. The summed E-state index contributed by atoms with van der Waals surface area (Å²) in [4.78, 5) is 0. The summed E-state index contributed by atoms with van der Waals surface area (Å²) in [6, 6.07) is 41.2. The fraction of sp³-hybridized carbons (Fsp3) is 0.333. The van der Waals surface area contributed by atoms with Gasteiger partial charge in [-0.2, -0.15) is 12.1 Å². The predicted octanol–water partition coefficient (Wildman–Crippen LogP) is 14.5. The topological polar surface area (TPSA) is 0 Å². The summed E-state index contributed by atoms with van der Waals surface area (Å²) in [6.07, 6.45) is 5.47. The molecular formula is C48H58SiZr-4. The smallest absolute Gasteiger partial charge is 0.358 e. The molecule has 2 aliphatic carbocycles. The summed E-state index contributed by atoms with van der Waals surface area (Å²) in [6.45, 7) is 18.2. The van der Waals surface area contributed by atoms with Crippen LogP contribution in [0.3, 0.4) is 0 Å². The Labute approximate surface area is 319 Å². The molecule has 6 aromatic carbocycles. The first-order valence-corrected chi connectivity index (χ1v) is 24.1. The van der Waals surface area contributed by atoms with E-state index >= 15 is 0 Å². The van der Waals surface area contributed by atoms with Gasteiger partial charge in [-0.05, 0) is 70.6 Å². The van der Waals surface area contributed by atoms with Crippen LogP contribution in [0.15, 0.2) is 109 Å². The second-order valence-corrected chi connectivity index (χ2v) is 25.8. The zero-order valence-corrected chi connectivity index (χ0v) is 35.8. The van der Waals surface area contributed by atoms with Crippen LogP contribution >= 0.6 is 0 Å². The first-order chi connectivity index (χ1) is 22.8. The first kappa shape index (κ1) is 40.0. The third-order valence-electron chi connectivity index (χ3n) is 9.77. The normalized spacial score (nSPS) is 14.1. The van der Waals surface area contributed by atoms with Gasteiger partial charge < -0.3 is 14.9 Å². The van der Waals surface area contributed by atoms with Crippen LogP contribution in [-0.4, -0.2) is 5.43 Å². The first-order valence-electron chi connectivity index (χ1n) is 17.9. The van der Waals surface area contributed by atoms with Crippen molar-refractivity contribution in [1.29, 1.82) is 0 Å². The number of fused-ring (bicyclic) bond motifs is 2. The molecule has 50 heavy (non-hydrogen) atoms. The Morgan fingerprint density at radius 2 is 0.860 bits per heavy atom. The fourth-order valence-electron chi connectivity index (χ4n) is 6.62. The maximum Gasteiger partial charge on any atom is -0.358 e. The van der Waals surface area contributed by atoms with E-state index in [2.05, 4.69) is 164 Å². The minimum Gasteiger partial charge on any atom is -0.358 e. The molecule has 262 valence electrons. The predicted molar refractivity (Wildman–Crippen MR) is 222 cm³/mol. The van der Waals surface area contributed by atoms with Gasteiger partial charge in [-0.15, -0.1) is 69.1 Å². The van der Waals surface area contributed by atoms with Crippen molar-refractivity contribution in [2.75, 3.05) is 0 Å². The number of hydrogen-bond donors (Lipinski definition) is 0. The average molecular weight is 754 g/mol. The molecule has 0 aliphatic heterocycles. The van der Waals surface area contributed by atoms with Crippen molar-refractivity contribution in [2.45, 2.75) is 103 Å². The van der Waals surface area contributed by atoms with Crippen molar-refractivity contribution in [3.8, 4) is 22.3 Å². The van der Waals surface area contributed by atoms with Crippen molar-refractivity contribution in [3.05, 3.63) is 146 Å². The molecule has 0 atom stereocenters. The largest absolute Gasteiger partial charge is 0.358 e. The van der Waals surface area contributed by atoms with E-state index in [4.69, 9.17) is 0 Å². The van der Waals surface area contributed by atoms with Crippen molar-refractivity contribution >= 4 is 27.0 Å². The van der Waals surface area contributed by atoms with Gasteiger partial charge in [0.1, 0.15) is 0 Å².